The van der Waals surface area contributed by atoms with Gasteiger partial charge in [-0.1, -0.05) is 13.0 Å². The Labute approximate surface area is 187 Å². The van der Waals surface area contributed by atoms with Crippen LogP contribution in [0.4, 0.5) is 0 Å². The smallest absolute Gasteiger partial charge is 0.255 e. The minimum absolute atomic E-state index is 0.151. The summed E-state index contributed by atoms with van der Waals surface area (Å²) in [4.78, 5) is 45.3. The van der Waals surface area contributed by atoms with Crippen LogP contribution in [0.1, 0.15) is 54.1 Å². The van der Waals surface area contributed by atoms with Crippen molar-refractivity contribution in [3.63, 3.8) is 0 Å². The van der Waals surface area contributed by atoms with Gasteiger partial charge in [0.1, 0.15) is 6.04 Å². The zero-order chi connectivity index (χ0) is 22.2. The van der Waals surface area contributed by atoms with Crippen molar-refractivity contribution in [3.8, 4) is 11.3 Å². The van der Waals surface area contributed by atoms with Crippen LogP contribution < -0.4 is 5.32 Å². The number of imide groups is 1. The molecule has 5 rings (SSSR count). The van der Waals surface area contributed by atoms with E-state index in [-0.39, 0.29) is 24.1 Å². The van der Waals surface area contributed by atoms with Crippen molar-refractivity contribution in [2.45, 2.75) is 51.7 Å². The summed E-state index contributed by atoms with van der Waals surface area (Å²) < 4.78 is 0. The van der Waals surface area contributed by atoms with E-state index in [0.717, 1.165) is 42.4 Å². The number of hydrogen-bond donors (Lipinski definition) is 1. The number of amides is 3. The molecule has 32 heavy (non-hydrogen) atoms. The summed E-state index contributed by atoms with van der Waals surface area (Å²) in [5.74, 6) is -0.0692. The molecule has 0 spiro atoms. The quantitative estimate of drug-likeness (QED) is 0.752. The Bertz CT molecular complexity index is 1080. The van der Waals surface area contributed by atoms with E-state index in [1.54, 1.807) is 4.90 Å². The molecule has 2 saturated heterocycles. The summed E-state index contributed by atoms with van der Waals surface area (Å²) in [5.41, 5.74) is 4.62. The zero-order valence-electron chi connectivity index (χ0n) is 18.3. The topological polar surface area (TPSA) is 82.6 Å². The normalized spacial score (nSPS) is 23.9. The first kappa shape index (κ1) is 20.8. The highest BCUT2D eigenvalue weighted by Crippen LogP contribution is 2.31. The van der Waals surface area contributed by atoms with Gasteiger partial charge in [0.25, 0.3) is 5.91 Å². The second kappa shape index (κ2) is 8.47. The third-order valence-corrected chi connectivity index (χ3v) is 6.79. The molecule has 2 aromatic rings. The number of rotatable bonds is 4. The third-order valence-electron chi connectivity index (χ3n) is 6.79. The molecule has 3 aliphatic rings. The number of benzene rings is 1. The molecular weight excluding hydrogens is 404 g/mol. The molecule has 1 unspecified atom stereocenters. The SMILES string of the molecule is C[C@H]1CCCN(Cc2ccnc(-c3ccc4c(c3)CN(C3CCC(=O)NC3=O)C4=O)c2)C1. The summed E-state index contributed by atoms with van der Waals surface area (Å²) in [6, 6.07) is 9.39. The first-order chi connectivity index (χ1) is 15.5. The maximum Gasteiger partial charge on any atom is 0.255 e. The van der Waals surface area contributed by atoms with E-state index >= 15 is 0 Å². The summed E-state index contributed by atoms with van der Waals surface area (Å²) >= 11 is 0. The number of carbonyl (C=O) groups is 3. The fraction of sp³-hybridized carbons (Fsp3) is 0.440. The molecule has 7 heteroatoms. The molecule has 3 amide bonds. The largest absolute Gasteiger partial charge is 0.322 e. The predicted molar refractivity (Wildman–Crippen MR) is 119 cm³/mol. The van der Waals surface area contributed by atoms with Crippen molar-refractivity contribution in [1.29, 1.82) is 0 Å². The number of likely N-dealkylation sites (tertiary alicyclic amines) is 1. The van der Waals surface area contributed by atoms with Gasteiger partial charge in [0.15, 0.2) is 0 Å². The van der Waals surface area contributed by atoms with Crippen molar-refractivity contribution in [1.82, 2.24) is 20.1 Å². The molecule has 0 saturated carbocycles. The molecule has 1 aromatic heterocycles. The maximum atomic E-state index is 12.9. The van der Waals surface area contributed by atoms with Gasteiger partial charge in [-0.15, -0.1) is 0 Å². The van der Waals surface area contributed by atoms with E-state index in [2.05, 4.69) is 34.3 Å². The average Bonchev–Trinajstić information content (AvgIpc) is 3.09. The van der Waals surface area contributed by atoms with E-state index in [4.69, 9.17) is 0 Å². The van der Waals surface area contributed by atoms with Crippen LogP contribution in [-0.4, -0.2) is 51.6 Å². The van der Waals surface area contributed by atoms with E-state index in [1.165, 1.54) is 18.4 Å². The van der Waals surface area contributed by atoms with Crippen molar-refractivity contribution < 1.29 is 14.4 Å². The molecule has 4 heterocycles. The second-order valence-corrected chi connectivity index (χ2v) is 9.30. The Balaban J connectivity index is 1.34. The summed E-state index contributed by atoms with van der Waals surface area (Å²) in [7, 11) is 0. The van der Waals surface area contributed by atoms with Gasteiger partial charge in [0.05, 0.1) is 5.69 Å². The van der Waals surface area contributed by atoms with Crippen LogP contribution in [-0.2, 0) is 22.7 Å². The number of fused-ring (bicyclic) bond motifs is 1. The number of aromatic nitrogens is 1. The minimum atomic E-state index is -0.593. The van der Waals surface area contributed by atoms with Gasteiger partial charge < -0.3 is 4.90 Å². The molecule has 0 radical (unpaired) electrons. The number of hydrogen-bond acceptors (Lipinski definition) is 5. The van der Waals surface area contributed by atoms with Gasteiger partial charge in [0, 0.05) is 43.4 Å². The highest BCUT2D eigenvalue weighted by Gasteiger charge is 2.39. The van der Waals surface area contributed by atoms with Crippen molar-refractivity contribution in [2.24, 2.45) is 5.92 Å². The molecule has 7 nitrogen and oxygen atoms in total. The van der Waals surface area contributed by atoms with Crippen LogP contribution in [0.15, 0.2) is 36.5 Å². The van der Waals surface area contributed by atoms with E-state index in [0.29, 0.717) is 18.5 Å². The lowest BCUT2D eigenvalue weighted by Crippen LogP contribution is -2.52. The van der Waals surface area contributed by atoms with Gasteiger partial charge in [-0.25, -0.2) is 0 Å². The highest BCUT2D eigenvalue weighted by molar-refractivity contribution is 6.05. The van der Waals surface area contributed by atoms with Crippen LogP contribution in [0.3, 0.4) is 0 Å². The Morgan fingerprint density at radius 2 is 2.00 bits per heavy atom. The van der Waals surface area contributed by atoms with E-state index in [9.17, 15) is 14.4 Å². The molecule has 3 aliphatic heterocycles. The average molecular weight is 433 g/mol. The first-order valence-electron chi connectivity index (χ1n) is 11.4. The Kier molecular flexibility index (Phi) is 5.51. The molecule has 166 valence electrons. The van der Waals surface area contributed by atoms with Crippen molar-refractivity contribution in [2.75, 3.05) is 13.1 Å². The number of pyridine rings is 1. The minimum Gasteiger partial charge on any atom is -0.322 e. The van der Waals surface area contributed by atoms with E-state index in [1.807, 2.05) is 24.4 Å². The number of carbonyl (C=O) groups excluding carboxylic acids is 3. The lowest BCUT2D eigenvalue weighted by molar-refractivity contribution is -0.136. The Morgan fingerprint density at radius 1 is 1.12 bits per heavy atom. The van der Waals surface area contributed by atoms with Gasteiger partial charge in [-0.3, -0.25) is 29.6 Å². The van der Waals surface area contributed by atoms with Crippen LogP contribution in [0.25, 0.3) is 11.3 Å². The molecule has 0 bridgehead atoms. The molecule has 1 N–H and O–H groups in total. The summed E-state index contributed by atoms with van der Waals surface area (Å²) in [6.07, 6.45) is 5.04. The molecule has 0 aliphatic carbocycles. The predicted octanol–water partition coefficient (Wildman–Crippen LogP) is 2.74. The lowest BCUT2D eigenvalue weighted by Gasteiger charge is -2.30. The van der Waals surface area contributed by atoms with Crippen LogP contribution in [0.5, 0.6) is 0 Å². The van der Waals surface area contributed by atoms with Crippen molar-refractivity contribution >= 4 is 17.7 Å². The van der Waals surface area contributed by atoms with Crippen LogP contribution in [0.2, 0.25) is 0 Å². The molecule has 1 aromatic carbocycles. The summed E-state index contributed by atoms with van der Waals surface area (Å²) in [6.45, 7) is 5.88. The Hall–Kier alpha value is -3.06. The molecular formula is C25H28N4O3. The number of nitrogens with zero attached hydrogens (tertiary/aromatic N) is 3. The van der Waals surface area contributed by atoms with Crippen LogP contribution >= 0.6 is 0 Å². The Morgan fingerprint density at radius 3 is 2.81 bits per heavy atom. The van der Waals surface area contributed by atoms with Gasteiger partial charge >= 0.3 is 0 Å². The molecule has 2 atom stereocenters. The summed E-state index contributed by atoms with van der Waals surface area (Å²) in [5, 5.41) is 2.35. The fourth-order valence-corrected chi connectivity index (χ4v) is 5.15. The van der Waals surface area contributed by atoms with E-state index < -0.39 is 6.04 Å². The van der Waals surface area contributed by atoms with Gasteiger partial charge in [-0.05, 0) is 67.1 Å². The van der Waals surface area contributed by atoms with Crippen LogP contribution in [0, 0.1) is 5.92 Å². The van der Waals surface area contributed by atoms with Gasteiger partial charge in [-0.2, -0.15) is 0 Å². The highest BCUT2D eigenvalue weighted by atomic mass is 16.2. The third kappa shape index (κ3) is 4.05. The van der Waals surface area contributed by atoms with Gasteiger partial charge in [0.2, 0.25) is 11.8 Å². The number of piperidine rings is 2. The lowest BCUT2D eigenvalue weighted by atomic mass is 9.99. The second-order valence-electron chi connectivity index (χ2n) is 9.30. The number of nitrogens with one attached hydrogen (secondary N) is 1. The maximum absolute atomic E-state index is 12.9. The first-order valence-corrected chi connectivity index (χ1v) is 11.4. The standard InChI is InChI=1S/C25H28N4O3/c1-16-3-2-10-28(13-16)14-17-8-9-26-21(11-17)18-4-5-20-19(12-18)15-29(25(20)32)22-6-7-23(30)27-24(22)31/h4-5,8-9,11-12,16,22H,2-3,6-7,10,13-15H2,1H3,(H,27,30,31)/t16-,22?/m0/s1. The monoisotopic (exact) mass is 432 g/mol. The molecule has 2 fully saturated rings. The fourth-order valence-electron chi connectivity index (χ4n) is 5.15. The zero-order valence-corrected chi connectivity index (χ0v) is 18.3. The van der Waals surface area contributed by atoms with Crippen molar-refractivity contribution in [3.05, 3.63) is 53.2 Å².